The van der Waals surface area contributed by atoms with E-state index in [4.69, 9.17) is 0 Å². The van der Waals surface area contributed by atoms with Crippen molar-refractivity contribution in [1.29, 1.82) is 0 Å². The van der Waals surface area contributed by atoms with E-state index in [0.29, 0.717) is 23.0 Å². The Morgan fingerprint density at radius 3 is 2.41 bits per heavy atom. The van der Waals surface area contributed by atoms with Gasteiger partial charge in [0.25, 0.3) is 10.0 Å². The van der Waals surface area contributed by atoms with Crippen molar-refractivity contribution in [1.82, 2.24) is 15.0 Å². The molecule has 0 spiro atoms. The Labute approximate surface area is 112 Å². The van der Waals surface area contributed by atoms with Crippen molar-refractivity contribution in [2.75, 3.05) is 19.6 Å². The maximum absolute atomic E-state index is 11.9. The van der Waals surface area contributed by atoms with Crippen molar-refractivity contribution in [3.63, 3.8) is 0 Å². The first-order chi connectivity index (χ1) is 7.47. The van der Waals surface area contributed by atoms with Crippen LogP contribution < -0.4 is 10.0 Å². The molecule has 0 bridgehead atoms. The molecular weight excluding hydrogens is 282 g/mol. The van der Waals surface area contributed by atoms with Crippen LogP contribution in [0.3, 0.4) is 0 Å². The van der Waals surface area contributed by atoms with Crippen LogP contribution in [0.15, 0.2) is 4.21 Å². The molecule has 0 aliphatic carbocycles. The molecule has 0 unspecified atom stereocenters. The molecule has 0 fully saturated rings. The molecule has 0 saturated carbocycles. The molecule has 17 heavy (non-hydrogen) atoms. The minimum absolute atomic E-state index is 0. The predicted octanol–water partition coefficient (Wildman–Crippen LogP) is 1.07. The Kier molecular flexibility index (Phi) is 7.18. The maximum atomic E-state index is 11.9. The van der Waals surface area contributed by atoms with E-state index in [0.717, 1.165) is 11.6 Å². The number of aryl methyl sites for hydroxylation is 2. The van der Waals surface area contributed by atoms with Crippen LogP contribution in [0.5, 0.6) is 0 Å². The summed E-state index contributed by atoms with van der Waals surface area (Å²) in [4.78, 5) is 4.11. The number of likely N-dealkylation sites (N-methyl/N-ethyl adjacent to an activating group) is 1. The highest BCUT2D eigenvalue weighted by Crippen LogP contribution is 2.22. The zero-order valence-corrected chi connectivity index (χ0v) is 12.6. The Morgan fingerprint density at radius 1 is 1.29 bits per heavy atom. The number of nitrogens with one attached hydrogen (secondary N) is 2. The van der Waals surface area contributed by atoms with E-state index < -0.39 is 10.0 Å². The molecule has 5 nitrogen and oxygen atoms in total. The number of hydrogen-bond acceptors (Lipinski definition) is 5. The normalized spacial score (nSPS) is 11.2. The molecule has 2 N–H and O–H groups in total. The average molecular weight is 300 g/mol. The summed E-state index contributed by atoms with van der Waals surface area (Å²) in [5.41, 5.74) is 0.568. The molecule has 0 radical (unpaired) electrons. The highest BCUT2D eigenvalue weighted by molar-refractivity contribution is 7.91. The zero-order chi connectivity index (χ0) is 12.2. The molecule has 0 amide bonds. The summed E-state index contributed by atoms with van der Waals surface area (Å²) in [6.07, 6.45) is 0. The van der Waals surface area contributed by atoms with Gasteiger partial charge in [-0.25, -0.2) is 18.1 Å². The predicted molar refractivity (Wildman–Crippen MR) is 72.6 cm³/mol. The second-order valence-corrected chi connectivity index (χ2v) is 6.52. The summed E-state index contributed by atoms with van der Waals surface area (Å²) in [6.45, 7) is 7.35. The van der Waals surface area contributed by atoms with Gasteiger partial charge in [-0.2, -0.15) is 0 Å². The third-order valence-electron chi connectivity index (χ3n) is 1.95. The van der Waals surface area contributed by atoms with Crippen LogP contribution in [-0.4, -0.2) is 33.0 Å². The summed E-state index contributed by atoms with van der Waals surface area (Å²) in [7, 11) is -3.38. The van der Waals surface area contributed by atoms with Gasteiger partial charge in [-0.15, -0.1) is 23.7 Å². The third kappa shape index (κ3) is 4.89. The minimum atomic E-state index is -3.38. The van der Waals surface area contributed by atoms with Crippen molar-refractivity contribution < 1.29 is 8.42 Å². The molecule has 1 heterocycles. The van der Waals surface area contributed by atoms with Gasteiger partial charge in [0, 0.05) is 13.1 Å². The van der Waals surface area contributed by atoms with E-state index in [-0.39, 0.29) is 12.4 Å². The monoisotopic (exact) mass is 299 g/mol. The Balaban J connectivity index is 0.00000256. The molecule has 1 aromatic rings. The Morgan fingerprint density at radius 2 is 1.94 bits per heavy atom. The van der Waals surface area contributed by atoms with Gasteiger partial charge in [0.1, 0.15) is 0 Å². The van der Waals surface area contributed by atoms with Crippen LogP contribution in [0.2, 0.25) is 0 Å². The van der Waals surface area contributed by atoms with Crippen molar-refractivity contribution in [2.45, 2.75) is 25.0 Å². The fourth-order valence-corrected chi connectivity index (χ4v) is 3.84. The summed E-state index contributed by atoms with van der Waals surface area (Å²) in [6, 6.07) is 0. The quantitative estimate of drug-likeness (QED) is 0.771. The number of thiazole rings is 1. The smallest absolute Gasteiger partial charge is 0.251 e. The van der Waals surface area contributed by atoms with Crippen LogP contribution in [0.1, 0.15) is 17.6 Å². The molecular formula is C9H18ClN3O2S2. The van der Waals surface area contributed by atoms with Crippen LogP contribution >= 0.6 is 23.7 Å². The fourth-order valence-electron chi connectivity index (χ4n) is 1.28. The minimum Gasteiger partial charge on any atom is -0.316 e. The Hall–Kier alpha value is -0.210. The van der Waals surface area contributed by atoms with E-state index in [1.165, 1.54) is 11.3 Å². The van der Waals surface area contributed by atoms with Gasteiger partial charge < -0.3 is 5.32 Å². The largest absolute Gasteiger partial charge is 0.316 e. The molecule has 0 atom stereocenters. The third-order valence-corrected chi connectivity index (χ3v) is 5.09. The van der Waals surface area contributed by atoms with Gasteiger partial charge in [0.05, 0.1) is 10.7 Å². The van der Waals surface area contributed by atoms with Gasteiger partial charge in [-0.3, -0.25) is 0 Å². The topological polar surface area (TPSA) is 71.1 Å². The van der Waals surface area contributed by atoms with Crippen LogP contribution in [0, 0.1) is 13.8 Å². The maximum Gasteiger partial charge on any atom is 0.251 e. The lowest BCUT2D eigenvalue weighted by molar-refractivity contribution is 0.578. The first kappa shape index (κ1) is 16.8. The van der Waals surface area contributed by atoms with E-state index in [2.05, 4.69) is 15.0 Å². The van der Waals surface area contributed by atoms with Gasteiger partial charge in [-0.1, -0.05) is 6.92 Å². The van der Waals surface area contributed by atoms with E-state index in [1.54, 1.807) is 13.8 Å². The van der Waals surface area contributed by atoms with Crippen LogP contribution in [0.25, 0.3) is 0 Å². The summed E-state index contributed by atoms with van der Waals surface area (Å²) in [5, 5.41) is 3.82. The van der Waals surface area contributed by atoms with Gasteiger partial charge >= 0.3 is 0 Å². The average Bonchev–Trinajstić information content (AvgIpc) is 2.53. The van der Waals surface area contributed by atoms with E-state index >= 15 is 0 Å². The second kappa shape index (κ2) is 7.27. The zero-order valence-electron chi connectivity index (χ0n) is 10.1. The molecule has 8 heteroatoms. The summed E-state index contributed by atoms with van der Waals surface area (Å²) >= 11 is 1.20. The van der Waals surface area contributed by atoms with Crippen LogP contribution in [-0.2, 0) is 10.0 Å². The highest BCUT2D eigenvalue weighted by Gasteiger charge is 2.19. The lowest BCUT2D eigenvalue weighted by Crippen LogP contribution is -2.31. The lowest BCUT2D eigenvalue weighted by atomic mass is 10.6. The Bertz CT molecular complexity index is 445. The SMILES string of the molecule is CCNCCNS(=O)(=O)c1sc(C)nc1C.Cl. The van der Waals surface area contributed by atoms with Crippen molar-refractivity contribution in [2.24, 2.45) is 0 Å². The molecule has 0 aliphatic rings. The van der Waals surface area contributed by atoms with E-state index in [1.807, 2.05) is 6.92 Å². The number of sulfonamides is 1. The van der Waals surface area contributed by atoms with Crippen molar-refractivity contribution in [3.8, 4) is 0 Å². The number of rotatable bonds is 6. The van der Waals surface area contributed by atoms with Gasteiger partial charge in [-0.05, 0) is 20.4 Å². The molecule has 100 valence electrons. The molecule has 1 aromatic heterocycles. The van der Waals surface area contributed by atoms with Crippen LogP contribution in [0.4, 0.5) is 0 Å². The highest BCUT2D eigenvalue weighted by atomic mass is 35.5. The van der Waals surface area contributed by atoms with Crippen molar-refractivity contribution in [3.05, 3.63) is 10.7 Å². The van der Waals surface area contributed by atoms with Gasteiger partial charge in [0.15, 0.2) is 4.21 Å². The summed E-state index contributed by atoms with van der Waals surface area (Å²) in [5.74, 6) is 0. The second-order valence-electron chi connectivity index (χ2n) is 3.36. The molecule has 0 aromatic carbocycles. The number of halogens is 1. The molecule has 1 rings (SSSR count). The first-order valence-corrected chi connectivity index (χ1v) is 7.41. The summed E-state index contributed by atoms with van der Waals surface area (Å²) < 4.78 is 26.6. The number of hydrogen-bond donors (Lipinski definition) is 2. The lowest BCUT2D eigenvalue weighted by Gasteiger charge is -2.05. The fraction of sp³-hybridized carbons (Fsp3) is 0.667. The first-order valence-electron chi connectivity index (χ1n) is 5.11. The molecule has 0 saturated heterocycles. The number of nitrogens with zero attached hydrogens (tertiary/aromatic N) is 1. The molecule has 0 aliphatic heterocycles. The van der Waals surface area contributed by atoms with E-state index in [9.17, 15) is 8.42 Å². The number of aromatic nitrogens is 1. The van der Waals surface area contributed by atoms with Crippen molar-refractivity contribution >= 4 is 33.8 Å². The standard InChI is InChI=1S/C9H17N3O2S2.ClH/c1-4-10-5-6-11-16(13,14)9-7(2)12-8(3)15-9;/h10-11H,4-6H2,1-3H3;1H. The van der Waals surface area contributed by atoms with Gasteiger partial charge in [0.2, 0.25) is 0 Å².